The fourth-order valence-electron chi connectivity index (χ4n) is 4.98. The number of amides is 2. The summed E-state index contributed by atoms with van der Waals surface area (Å²) in [6, 6.07) is 28.1. The van der Waals surface area contributed by atoms with Gasteiger partial charge in [-0.25, -0.2) is 13.0 Å². The molecule has 0 saturated heterocycles. The molecule has 262 valence electrons. The lowest BCUT2D eigenvalue weighted by Gasteiger charge is -2.11. The Bertz CT molecular complexity index is 2150. The minimum absolute atomic E-state index is 0. The van der Waals surface area contributed by atoms with Gasteiger partial charge >= 0.3 is 0 Å². The van der Waals surface area contributed by atoms with Crippen LogP contribution in [0.5, 0.6) is 0 Å². The number of thioether (sulfide) groups is 1. The molecule has 0 aliphatic heterocycles. The second kappa shape index (κ2) is 17.7. The van der Waals surface area contributed by atoms with Crippen LogP contribution in [0.15, 0.2) is 136 Å². The van der Waals surface area contributed by atoms with Gasteiger partial charge in [0.1, 0.15) is 6.54 Å². The molecule has 4 aromatic carbocycles. The molecule has 0 fully saturated rings. The number of carbonyl (C=O) groups is 3. The number of hydrogen-bond acceptors (Lipinski definition) is 8. The number of unbranched alkanes of at least 4 members (excludes halogenated alkanes) is 1. The number of sulfone groups is 1. The van der Waals surface area contributed by atoms with Crippen LogP contribution in [0.25, 0.3) is 0 Å². The summed E-state index contributed by atoms with van der Waals surface area (Å²) < 4.78 is 28.7. The Morgan fingerprint density at radius 3 is 1.96 bits per heavy atom. The number of aryl methyl sites for hydroxylation is 2. The van der Waals surface area contributed by atoms with Gasteiger partial charge in [0, 0.05) is 58.4 Å². The number of hydrogen-bond donors (Lipinski definition) is 2. The highest BCUT2D eigenvalue weighted by molar-refractivity contribution is 8.13. The summed E-state index contributed by atoms with van der Waals surface area (Å²) in [7, 11) is -3.94. The predicted molar refractivity (Wildman–Crippen MR) is 190 cm³/mol. The highest BCUT2D eigenvalue weighted by atomic mass is 79.9. The lowest BCUT2D eigenvalue weighted by Crippen LogP contribution is -3.00. The fraction of sp³-hybridized carbons (Fsp3) is 0.135. The van der Waals surface area contributed by atoms with Crippen LogP contribution in [-0.2, 0) is 21.2 Å². The number of nitro benzene ring substituents is 1. The molecule has 11 nitrogen and oxygen atoms in total. The van der Waals surface area contributed by atoms with E-state index in [-0.39, 0.29) is 43.1 Å². The van der Waals surface area contributed by atoms with E-state index in [1.165, 1.54) is 66.7 Å². The molecule has 14 heteroatoms. The Morgan fingerprint density at radius 1 is 0.765 bits per heavy atom. The van der Waals surface area contributed by atoms with Crippen LogP contribution in [0.3, 0.4) is 0 Å². The molecule has 5 aromatic rings. The third-order valence-corrected chi connectivity index (χ3v) is 10.5. The Hall–Kier alpha value is -5.18. The van der Waals surface area contributed by atoms with E-state index in [2.05, 4.69) is 15.2 Å². The van der Waals surface area contributed by atoms with E-state index < -0.39 is 26.6 Å². The maximum absolute atomic E-state index is 13.3. The Morgan fingerprint density at radius 2 is 1.35 bits per heavy atom. The molecule has 2 N–H and O–H groups in total. The quantitative estimate of drug-likeness (QED) is 0.0596. The number of benzene rings is 4. The SMILES string of the molecule is Cc1ccc(C(=O)Nc2ccc(S(=O)(=O)c3ccc(NC(=O)c4ccccc4SC(=O)CCCC[n+]4ccccc4)cc3)cc2)cc1[N+](=O)[O-].[Br-]. The third-order valence-electron chi connectivity index (χ3n) is 7.69. The molecule has 0 radical (unpaired) electrons. The van der Waals surface area contributed by atoms with Crippen molar-refractivity contribution in [3.8, 4) is 0 Å². The van der Waals surface area contributed by atoms with Crippen LogP contribution in [0.4, 0.5) is 17.1 Å². The van der Waals surface area contributed by atoms with Gasteiger partial charge in [0.05, 0.1) is 20.3 Å². The van der Waals surface area contributed by atoms with Crippen molar-refractivity contribution in [1.82, 2.24) is 0 Å². The first-order valence-electron chi connectivity index (χ1n) is 15.6. The van der Waals surface area contributed by atoms with Gasteiger partial charge in [0.2, 0.25) is 9.84 Å². The van der Waals surface area contributed by atoms with Crippen molar-refractivity contribution < 1.29 is 49.3 Å². The molecule has 0 atom stereocenters. The van der Waals surface area contributed by atoms with Crippen molar-refractivity contribution in [2.45, 2.75) is 47.4 Å². The molecule has 0 aliphatic carbocycles. The van der Waals surface area contributed by atoms with Crippen LogP contribution in [0, 0.1) is 17.0 Å². The average molecular weight is 790 g/mol. The van der Waals surface area contributed by atoms with Gasteiger partial charge in [-0.2, -0.15) is 0 Å². The van der Waals surface area contributed by atoms with Crippen LogP contribution >= 0.6 is 11.8 Å². The van der Waals surface area contributed by atoms with Crippen molar-refractivity contribution in [1.29, 1.82) is 0 Å². The molecule has 1 heterocycles. The zero-order valence-electron chi connectivity index (χ0n) is 27.3. The molecule has 0 unspecified atom stereocenters. The lowest BCUT2D eigenvalue weighted by molar-refractivity contribution is -0.697. The predicted octanol–water partition coefficient (Wildman–Crippen LogP) is 4.02. The van der Waals surface area contributed by atoms with E-state index in [0.29, 0.717) is 33.8 Å². The second-order valence-corrected chi connectivity index (χ2v) is 14.3. The molecule has 1 aromatic heterocycles. The summed E-state index contributed by atoms with van der Waals surface area (Å²) in [5.41, 5.74) is 1.33. The molecule has 0 bridgehead atoms. The zero-order chi connectivity index (χ0) is 35.7. The average Bonchev–Trinajstić information content (AvgIpc) is 3.11. The second-order valence-electron chi connectivity index (χ2n) is 11.3. The number of aromatic nitrogens is 1. The van der Waals surface area contributed by atoms with E-state index in [9.17, 15) is 32.9 Å². The number of nitrogens with zero attached hydrogens (tertiary/aromatic N) is 2. The standard InChI is InChI=1S/C37H32N4O7S2.BrH/c1-26-12-13-27(25-33(26)41(45)46)36(43)38-28-14-18-30(19-15-28)50(47,48)31-20-16-29(17-21-31)39-37(44)32-9-3-4-10-34(32)49-35(42)11-5-8-24-40-22-6-2-7-23-40;/h2-4,6-7,9-10,12-23,25H,5,8,11,24H2,1H3,(H-,38,39,43,44);1H. The topological polar surface area (TPSA) is 156 Å². The summed E-state index contributed by atoms with van der Waals surface area (Å²) in [5, 5.41) is 16.6. The normalized spacial score (nSPS) is 10.8. The highest BCUT2D eigenvalue weighted by Crippen LogP contribution is 2.28. The monoisotopic (exact) mass is 788 g/mol. The van der Waals surface area contributed by atoms with E-state index >= 15 is 0 Å². The van der Waals surface area contributed by atoms with E-state index in [1.807, 2.05) is 30.6 Å². The summed E-state index contributed by atoms with van der Waals surface area (Å²) in [6.45, 7) is 2.39. The summed E-state index contributed by atoms with van der Waals surface area (Å²) in [4.78, 5) is 49.7. The number of nitro groups is 1. The minimum Gasteiger partial charge on any atom is -1.00 e. The van der Waals surface area contributed by atoms with Gasteiger partial charge in [-0.15, -0.1) is 0 Å². The van der Waals surface area contributed by atoms with Gasteiger partial charge in [-0.3, -0.25) is 24.5 Å². The first-order chi connectivity index (χ1) is 24.0. The van der Waals surface area contributed by atoms with Crippen molar-refractivity contribution >= 4 is 55.6 Å². The first kappa shape index (κ1) is 38.6. The highest BCUT2D eigenvalue weighted by Gasteiger charge is 2.20. The summed E-state index contributed by atoms with van der Waals surface area (Å²) in [6.07, 6.45) is 5.91. The number of anilines is 2. The van der Waals surface area contributed by atoms with Gasteiger partial charge in [0.25, 0.3) is 17.5 Å². The summed E-state index contributed by atoms with van der Waals surface area (Å²) in [5.74, 6) is -1.02. The van der Waals surface area contributed by atoms with Crippen LogP contribution in [0.1, 0.15) is 45.5 Å². The number of nitrogens with one attached hydrogen (secondary N) is 2. The molecular weight excluding hydrogens is 756 g/mol. The number of halogens is 1. The van der Waals surface area contributed by atoms with Crippen molar-refractivity contribution in [2.24, 2.45) is 0 Å². The number of pyridine rings is 1. The van der Waals surface area contributed by atoms with Crippen LogP contribution in [0.2, 0.25) is 0 Å². The smallest absolute Gasteiger partial charge is 0.273 e. The van der Waals surface area contributed by atoms with Gasteiger partial charge < -0.3 is 27.6 Å². The van der Waals surface area contributed by atoms with Crippen LogP contribution < -0.4 is 32.2 Å². The van der Waals surface area contributed by atoms with Crippen molar-refractivity contribution in [3.05, 3.63) is 148 Å². The molecule has 0 aliphatic rings. The Kier molecular flexibility index (Phi) is 13.4. The number of rotatable bonds is 13. The maximum atomic E-state index is 13.3. The Balaban J connectivity index is 0.00000583. The van der Waals surface area contributed by atoms with Crippen molar-refractivity contribution in [2.75, 3.05) is 10.6 Å². The number of carbonyl (C=O) groups excluding carboxylic acids is 3. The third kappa shape index (κ3) is 10.2. The fourth-order valence-corrected chi connectivity index (χ4v) is 7.15. The van der Waals surface area contributed by atoms with Gasteiger partial charge in [-0.1, -0.05) is 36.0 Å². The summed E-state index contributed by atoms with van der Waals surface area (Å²) >= 11 is 1.03. The van der Waals surface area contributed by atoms with E-state index in [4.69, 9.17) is 0 Å². The van der Waals surface area contributed by atoms with Gasteiger partial charge in [-0.05, 0) is 80.1 Å². The van der Waals surface area contributed by atoms with Crippen LogP contribution in [-0.4, -0.2) is 30.3 Å². The molecule has 51 heavy (non-hydrogen) atoms. The molecular formula is C37H33BrN4O7S2. The maximum Gasteiger partial charge on any atom is 0.273 e. The minimum atomic E-state index is -3.94. The van der Waals surface area contributed by atoms with Crippen molar-refractivity contribution in [3.63, 3.8) is 0 Å². The van der Waals surface area contributed by atoms with E-state index in [0.717, 1.165) is 31.1 Å². The van der Waals surface area contributed by atoms with Gasteiger partial charge in [0.15, 0.2) is 17.5 Å². The molecule has 5 rings (SSSR count). The zero-order valence-corrected chi connectivity index (χ0v) is 30.5. The molecule has 0 spiro atoms. The first-order valence-corrected chi connectivity index (χ1v) is 17.9. The lowest BCUT2D eigenvalue weighted by atomic mass is 10.1. The Labute approximate surface area is 310 Å². The molecule has 0 saturated carbocycles. The molecule has 2 amide bonds. The van der Waals surface area contributed by atoms with E-state index in [1.54, 1.807) is 31.2 Å². The largest absolute Gasteiger partial charge is 1.00 e.